The van der Waals surface area contributed by atoms with Gasteiger partial charge in [0.1, 0.15) is 5.75 Å². The third-order valence-corrected chi connectivity index (χ3v) is 2.01. The van der Waals surface area contributed by atoms with Crippen LogP contribution in [-0.4, -0.2) is 11.7 Å². The largest absolute Gasteiger partial charge is 0.507 e. The van der Waals surface area contributed by atoms with E-state index in [-0.39, 0.29) is 11.3 Å². The van der Waals surface area contributed by atoms with Crippen molar-refractivity contribution in [1.82, 2.24) is 0 Å². The number of hydrogen-bond acceptors (Lipinski definition) is 2. The smallest absolute Gasteiger partial charge is 0.267 e. The van der Waals surface area contributed by atoms with E-state index in [1.165, 1.54) is 6.07 Å². The van der Waals surface area contributed by atoms with Crippen LogP contribution in [0.4, 0.5) is 8.78 Å². The van der Waals surface area contributed by atoms with E-state index in [0.717, 1.165) is 0 Å². The molecule has 0 heterocycles. The van der Waals surface area contributed by atoms with Crippen LogP contribution in [0.25, 0.3) is 0 Å². The van der Waals surface area contributed by atoms with Crippen molar-refractivity contribution in [3.8, 4) is 5.75 Å². The SMILES string of the molecule is Cc1cc(CCN)c(O)c(C(F)F)c1. The van der Waals surface area contributed by atoms with Crippen LogP contribution in [0.15, 0.2) is 12.1 Å². The van der Waals surface area contributed by atoms with Gasteiger partial charge >= 0.3 is 0 Å². The molecule has 0 aromatic heterocycles. The Labute approximate surface area is 81.4 Å². The second-order valence-electron chi connectivity index (χ2n) is 3.20. The molecule has 78 valence electrons. The maximum absolute atomic E-state index is 12.4. The predicted molar refractivity (Wildman–Crippen MR) is 50.6 cm³/mol. The molecule has 0 spiro atoms. The van der Waals surface area contributed by atoms with Gasteiger partial charge in [0.15, 0.2) is 0 Å². The fourth-order valence-electron chi connectivity index (χ4n) is 1.40. The normalized spacial score (nSPS) is 10.9. The van der Waals surface area contributed by atoms with Gasteiger partial charge in [-0.05, 0) is 31.5 Å². The first-order chi connectivity index (χ1) is 6.56. The van der Waals surface area contributed by atoms with Crippen molar-refractivity contribution in [2.75, 3.05) is 6.54 Å². The summed E-state index contributed by atoms with van der Waals surface area (Å²) in [6, 6.07) is 2.97. The number of phenols is 1. The molecule has 1 aromatic rings. The zero-order chi connectivity index (χ0) is 10.7. The van der Waals surface area contributed by atoms with Gasteiger partial charge in [-0.15, -0.1) is 0 Å². The van der Waals surface area contributed by atoms with Crippen molar-refractivity contribution in [1.29, 1.82) is 0 Å². The molecular weight excluding hydrogens is 188 g/mol. The number of halogens is 2. The molecule has 0 amide bonds. The highest BCUT2D eigenvalue weighted by Gasteiger charge is 2.15. The Balaban J connectivity index is 3.18. The summed E-state index contributed by atoms with van der Waals surface area (Å²) in [5.74, 6) is -0.323. The second kappa shape index (κ2) is 4.37. The van der Waals surface area contributed by atoms with Crippen LogP contribution in [0.5, 0.6) is 5.75 Å². The van der Waals surface area contributed by atoms with Crippen molar-refractivity contribution in [2.24, 2.45) is 5.73 Å². The highest BCUT2D eigenvalue weighted by molar-refractivity contribution is 5.44. The number of phenolic OH excluding ortho intramolecular Hbond substituents is 1. The summed E-state index contributed by atoms with van der Waals surface area (Å²) in [5.41, 5.74) is 6.19. The van der Waals surface area contributed by atoms with Crippen LogP contribution >= 0.6 is 0 Å². The monoisotopic (exact) mass is 201 g/mol. The predicted octanol–water partition coefficient (Wildman–Crippen LogP) is 2.14. The Hall–Kier alpha value is -1.16. The number of aromatic hydroxyl groups is 1. The Kier molecular flexibility index (Phi) is 3.41. The molecule has 0 radical (unpaired) electrons. The van der Waals surface area contributed by atoms with Crippen molar-refractivity contribution in [3.63, 3.8) is 0 Å². The molecule has 0 unspecified atom stereocenters. The zero-order valence-electron chi connectivity index (χ0n) is 7.93. The first-order valence-corrected chi connectivity index (χ1v) is 4.37. The van der Waals surface area contributed by atoms with Crippen LogP contribution in [0.3, 0.4) is 0 Å². The minimum atomic E-state index is -2.65. The second-order valence-corrected chi connectivity index (χ2v) is 3.20. The lowest BCUT2D eigenvalue weighted by Gasteiger charge is -2.10. The van der Waals surface area contributed by atoms with Crippen LogP contribution in [0.2, 0.25) is 0 Å². The average Bonchev–Trinajstić information content (AvgIpc) is 2.10. The van der Waals surface area contributed by atoms with Crippen LogP contribution in [0, 0.1) is 6.92 Å². The Bertz CT molecular complexity index is 326. The molecule has 0 saturated carbocycles. The maximum Gasteiger partial charge on any atom is 0.267 e. The number of rotatable bonds is 3. The lowest BCUT2D eigenvalue weighted by atomic mass is 10.0. The van der Waals surface area contributed by atoms with Gasteiger partial charge in [0, 0.05) is 0 Å². The van der Waals surface area contributed by atoms with Crippen LogP contribution < -0.4 is 5.73 Å². The van der Waals surface area contributed by atoms with Gasteiger partial charge in [-0.1, -0.05) is 11.6 Å². The van der Waals surface area contributed by atoms with Crippen LogP contribution in [-0.2, 0) is 6.42 Å². The van der Waals surface area contributed by atoms with Gasteiger partial charge in [0.25, 0.3) is 6.43 Å². The third kappa shape index (κ3) is 2.20. The van der Waals surface area contributed by atoms with Gasteiger partial charge in [-0.3, -0.25) is 0 Å². The molecular formula is C10H13F2NO. The summed E-state index contributed by atoms with van der Waals surface area (Å²) in [6.45, 7) is 2.05. The number of aryl methyl sites for hydroxylation is 1. The average molecular weight is 201 g/mol. The number of benzene rings is 1. The summed E-state index contributed by atoms with van der Waals surface area (Å²) < 4.78 is 24.9. The van der Waals surface area contributed by atoms with E-state index in [4.69, 9.17) is 5.73 Å². The fraction of sp³-hybridized carbons (Fsp3) is 0.400. The molecule has 0 aliphatic heterocycles. The van der Waals surface area contributed by atoms with E-state index < -0.39 is 6.43 Å². The molecule has 1 aromatic carbocycles. The van der Waals surface area contributed by atoms with E-state index in [1.54, 1.807) is 13.0 Å². The van der Waals surface area contributed by atoms with E-state index in [9.17, 15) is 13.9 Å². The van der Waals surface area contributed by atoms with E-state index in [1.807, 2.05) is 0 Å². The minimum Gasteiger partial charge on any atom is -0.507 e. The summed E-state index contributed by atoms with van der Waals surface area (Å²) in [7, 11) is 0. The van der Waals surface area contributed by atoms with Crippen LogP contribution in [0.1, 0.15) is 23.1 Å². The van der Waals surface area contributed by atoms with Gasteiger partial charge in [0.2, 0.25) is 0 Å². The highest BCUT2D eigenvalue weighted by atomic mass is 19.3. The van der Waals surface area contributed by atoms with Gasteiger partial charge in [-0.2, -0.15) is 0 Å². The summed E-state index contributed by atoms with van der Waals surface area (Å²) in [5, 5.41) is 9.48. The molecule has 3 N–H and O–H groups in total. The first kappa shape index (κ1) is 10.9. The molecule has 0 atom stereocenters. The molecule has 0 aliphatic carbocycles. The standard InChI is InChI=1S/C10H13F2NO/c1-6-4-7(2-3-13)9(14)8(5-6)10(11)12/h4-5,10,14H,2-3,13H2,1H3. The van der Waals surface area contributed by atoms with E-state index >= 15 is 0 Å². The topological polar surface area (TPSA) is 46.2 Å². The molecule has 0 fully saturated rings. The van der Waals surface area contributed by atoms with Crippen molar-refractivity contribution in [2.45, 2.75) is 19.8 Å². The zero-order valence-corrected chi connectivity index (χ0v) is 7.93. The molecule has 1 rings (SSSR count). The first-order valence-electron chi connectivity index (χ1n) is 4.37. The van der Waals surface area contributed by atoms with Crippen molar-refractivity contribution < 1.29 is 13.9 Å². The minimum absolute atomic E-state index is 0.312. The quantitative estimate of drug-likeness (QED) is 0.787. The Morgan fingerprint density at radius 3 is 2.57 bits per heavy atom. The molecule has 14 heavy (non-hydrogen) atoms. The number of hydrogen-bond donors (Lipinski definition) is 2. The van der Waals surface area contributed by atoms with Crippen molar-refractivity contribution >= 4 is 0 Å². The molecule has 0 saturated heterocycles. The van der Waals surface area contributed by atoms with E-state index in [2.05, 4.69) is 0 Å². The lowest BCUT2D eigenvalue weighted by molar-refractivity contribution is 0.147. The van der Waals surface area contributed by atoms with Crippen molar-refractivity contribution in [3.05, 3.63) is 28.8 Å². The molecule has 2 nitrogen and oxygen atoms in total. The summed E-state index contributed by atoms with van der Waals surface area (Å²) in [6.07, 6.45) is -2.24. The molecule has 0 bridgehead atoms. The van der Waals surface area contributed by atoms with E-state index in [0.29, 0.717) is 24.1 Å². The van der Waals surface area contributed by atoms with Gasteiger partial charge in [-0.25, -0.2) is 8.78 Å². The maximum atomic E-state index is 12.4. The Morgan fingerprint density at radius 2 is 2.07 bits per heavy atom. The number of alkyl halides is 2. The molecule has 4 heteroatoms. The third-order valence-electron chi connectivity index (χ3n) is 2.01. The number of nitrogens with two attached hydrogens (primary N) is 1. The lowest BCUT2D eigenvalue weighted by Crippen LogP contribution is -2.04. The highest BCUT2D eigenvalue weighted by Crippen LogP contribution is 2.32. The van der Waals surface area contributed by atoms with Gasteiger partial charge in [0.05, 0.1) is 5.56 Å². The summed E-state index contributed by atoms with van der Waals surface area (Å²) in [4.78, 5) is 0. The molecule has 0 aliphatic rings. The summed E-state index contributed by atoms with van der Waals surface area (Å²) >= 11 is 0. The van der Waals surface area contributed by atoms with Gasteiger partial charge < -0.3 is 10.8 Å². The Morgan fingerprint density at radius 1 is 1.43 bits per heavy atom. The fourth-order valence-corrected chi connectivity index (χ4v) is 1.40.